The lowest BCUT2D eigenvalue weighted by Crippen LogP contribution is -2.13. The average Bonchev–Trinajstić information content (AvgIpc) is 2.50. The first-order valence-corrected chi connectivity index (χ1v) is 8.28. The maximum atomic E-state index is 14.1. The van der Waals surface area contributed by atoms with Crippen LogP contribution in [0.25, 0.3) is 0 Å². The van der Waals surface area contributed by atoms with Crippen LogP contribution < -0.4 is 0 Å². The molecule has 0 aromatic heterocycles. The van der Waals surface area contributed by atoms with Crippen molar-refractivity contribution in [3.63, 3.8) is 0 Å². The van der Waals surface area contributed by atoms with Gasteiger partial charge in [-0.15, -0.1) is 0 Å². The van der Waals surface area contributed by atoms with Crippen molar-refractivity contribution in [1.82, 2.24) is 0 Å². The summed E-state index contributed by atoms with van der Waals surface area (Å²) in [6.07, 6.45) is 10.6. The predicted octanol–water partition coefficient (Wildman–Crippen LogP) is 6.32. The van der Waals surface area contributed by atoms with Crippen molar-refractivity contribution in [3.8, 4) is 0 Å². The zero-order valence-corrected chi connectivity index (χ0v) is 13.0. The molecule has 1 aliphatic carbocycles. The fourth-order valence-electron chi connectivity index (χ4n) is 3.51. The molecule has 2 heteroatoms. The fraction of sp³-hybridized carbons (Fsp3) is 0.579. The van der Waals surface area contributed by atoms with Gasteiger partial charge in [0.2, 0.25) is 0 Å². The molecule has 0 unspecified atom stereocenters. The summed E-state index contributed by atoms with van der Waals surface area (Å²) in [4.78, 5) is 0. The van der Waals surface area contributed by atoms with E-state index in [9.17, 15) is 8.78 Å². The number of halogens is 2. The second kappa shape index (κ2) is 8.31. The summed E-state index contributed by atoms with van der Waals surface area (Å²) in [5, 5.41) is 0. The van der Waals surface area contributed by atoms with E-state index in [2.05, 4.69) is 13.0 Å². The molecule has 0 nitrogen and oxygen atoms in total. The van der Waals surface area contributed by atoms with Crippen molar-refractivity contribution in [3.05, 3.63) is 47.5 Å². The third-order valence-electron chi connectivity index (χ3n) is 4.76. The summed E-state index contributed by atoms with van der Waals surface area (Å²) in [5.41, 5.74) is 1.84. The Balaban J connectivity index is 1.94. The van der Waals surface area contributed by atoms with Crippen molar-refractivity contribution in [1.29, 1.82) is 0 Å². The molecule has 0 spiro atoms. The Morgan fingerprint density at radius 3 is 2.57 bits per heavy atom. The third kappa shape index (κ3) is 4.66. The zero-order chi connectivity index (χ0) is 15.1. The predicted molar refractivity (Wildman–Crippen MR) is 84.6 cm³/mol. The highest BCUT2D eigenvalue weighted by atomic mass is 19.1. The molecule has 1 saturated carbocycles. The molecule has 0 bridgehead atoms. The van der Waals surface area contributed by atoms with Gasteiger partial charge in [-0.2, -0.15) is 0 Å². The topological polar surface area (TPSA) is 0 Å². The van der Waals surface area contributed by atoms with Crippen molar-refractivity contribution in [2.75, 3.05) is 0 Å². The number of allylic oxidation sites excluding steroid dienone is 1. The van der Waals surface area contributed by atoms with Crippen molar-refractivity contribution >= 4 is 0 Å². The summed E-state index contributed by atoms with van der Waals surface area (Å²) in [5.74, 6) is 1.27. The van der Waals surface area contributed by atoms with E-state index in [0.29, 0.717) is 30.7 Å². The van der Waals surface area contributed by atoms with Gasteiger partial charge in [-0.25, -0.2) is 8.78 Å². The summed E-state index contributed by atoms with van der Waals surface area (Å²) < 4.78 is 26.0. The van der Waals surface area contributed by atoms with Crippen LogP contribution in [0.4, 0.5) is 8.78 Å². The molecule has 2 rings (SSSR count). The second-order valence-electron chi connectivity index (χ2n) is 6.26. The van der Waals surface area contributed by atoms with Gasteiger partial charge in [-0.1, -0.05) is 38.0 Å². The van der Waals surface area contributed by atoms with E-state index in [1.54, 1.807) is 6.07 Å². The molecule has 0 heterocycles. The smallest absolute Gasteiger partial charge is 0.126 e. The van der Waals surface area contributed by atoms with E-state index in [1.807, 2.05) is 6.07 Å². The highest BCUT2D eigenvalue weighted by molar-refractivity contribution is 5.27. The Morgan fingerprint density at radius 2 is 1.95 bits per heavy atom. The van der Waals surface area contributed by atoms with Crippen molar-refractivity contribution in [2.24, 2.45) is 5.92 Å². The van der Waals surface area contributed by atoms with Crippen LogP contribution in [-0.2, 0) is 6.42 Å². The molecule has 0 radical (unpaired) electrons. The molecule has 0 aliphatic heterocycles. The van der Waals surface area contributed by atoms with Gasteiger partial charge in [0.25, 0.3) is 0 Å². The molecule has 1 aromatic carbocycles. The number of aryl methyl sites for hydroxylation is 1. The number of hydrogen-bond acceptors (Lipinski definition) is 0. The second-order valence-corrected chi connectivity index (χ2v) is 6.26. The Kier molecular flexibility index (Phi) is 6.41. The van der Waals surface area contributed by atoms with Crippen LogP contribution in [0.3, 0.4) is 0 Å². The summed E-state index contributed by atoms with van der Waals surface area (Å²) in [6.45, 7) is 2.25. The van der Waals surface area contributed by atoms with E-state index >= 15 is 0 Å². The van der Waals surface area contributed by atoms with Gasteiger partial charge in [-0.05, 0) is 67.6 Å². The van der Waals surface area contributed by atoms with Gasteiger partial charge in [0.15, 0.2) is 0 Å². The van der Waals surface area contributed by atoms with Crippen LogP contribution in [-0.4, -0.2) is 0 Å². The molecule has 1 fully saturated rings. The SMILES string of the molecule is CCC[C@H]1CC[C@H](c2ccc(CCC=CF)c(F)c2)CC1. The zero-order valence-electron chi connectivity index (χ0n) is 13.0. The van der Waals surface area contributed by atoms with Gasteiger partial charge in [-0.3, -0.25) is 0 Å². The Hall–Kier alpha value is -1.18. The molecular formula is C19H26F2. The number of benzene rings is 1. The van der Waals surface area contributed by atoms with Crippen LogP contribution in [0, 0.1) is 11.7 Å². The average molecular weight is 292 g/mol. The largest absolute Gasteiger partial charge is 0.216 e. The van der Waals surface area contributed by atoms with Crippen LogP contribution in [0.5, 0.6) is 0 Å². The van der Waals surface area contributed by atoms with Crippen molar-refractivity contribution in [2.45, 2.75) is 64.2 Å². The first-order valence-electron chi connectivity index (χ1n) is 8.28. The lowest BCUT2D eigenvalue weighted by Gasteiger charge is -2.28. The maximum absolute atomic E-state index is 14.1. The van der Waals surface area contributed by atoms with Crippen LogP contribution in [0.1, 0.15) is 68.9 Å². The molecule has 0 amide bonds. The Bertz CT molecular complexity index is 457. The molecule has 0 saturated heterocycles. The quantitative estimate of drug-likeness (QED) is 0.576. The van der Waals surface area contributed by atoms with Crippen molar-refractivity contribution < 1.29 is 8.78 Å². The van der Waals surface area contributed by atoms with Gasteiger partial charge >= 0.3 is 0 Å². The van der Waals surface area contributed by atoms with Crippen LogP contribution >= 0.6 is 0 Å². The summed E-state index contributed by atoms with van der Waals surface area (Å²) in [7, 11) is 0. The van der Waals surface area contributed by atoms with E-state index in [0.717, 1.165) is 11.5 Å². The molecule has 0 N–H and O–H groups in total. The highest BCUT2D eigenvalue weighted by Gasteiger charge is 2.22. The summed E-state index contributed by atoms with van der Waals surface area (Å²) >= 11 is 0. The fourth-order valence-corrected chi connectivity index (χ4v) is 3.51. The Labute approximate surface area is 127 Å². The molecule has 1 aliphatic rings. The van der Waals surface area contributed by atoms with Gasteiger partial charge in [0.05, 0.1) is 6.33 Å². The molecule has 1 aromatic rings. The van der Waals surface area contributed by atoms with Crippen LogP contribution in [0.15, 0.2) is 30.6 Å². The van der Waals surface area contributed by atoms with E-state index in [4.69, 9.17) is 0 Å². The first-order chi connectivity index (χ1) is 10.2. The highest BCUT2D eigenvalue weighted by Crippen LogP contribution is 2.37. The van der Waals surface area contributed by atoms with Gasteiger partial charge in [0.1, 0.15) is 5.82 Å². The Morgan fingerprint density at radius 1 is 1.19 bits per heavy atom. The normalized spacial score (nSPS) is 22.8. The summed E-state index contributed by atoms with van der Waals surface area (Å²) in [6, 6.07) is 5.66. The first kappa shape index (κ1) is 16.2. The minimum absolute atomic E-state index is 0.129. The standard InChI is InChI=1S/C19H26F2/c1-2-5-15-7-9-16(10-8-15)18-12-11-17(19(21)14-18)6-3-4-13-20/h4,11-16H,2-3,5-10H2,1H3/t15-,16-. The monoisotopic (exact) mass is 292 g/mol. The minimum atomic E-state index is -0.129. The lowest BCUT2D eigenvalue weighted by atomic mass is 9.77. The maximum Gasteiger partial charge on any atom is 0.126 e. The van der Waals surface area contributed by atoms with Gasteiger partial charge < -0.3 is 0 Å². The third-order valence-corrected chi connectivity index (χ3v) is 4.76. The molecule has 21 heavy (non-hydrogen) atoms. The van der Waals surface area contributed by atoms with E-state index in [-0.39, 0.29) is 5.82 Å². The van der Waals surface area contributed by atoms with E-state index in [1.165, 1.54) is 44.6 Å². The molecular weight excluding hydrogens is 266 g/mol. The molecule has 0 atom stereocenters. The number of rotatable bonds is 6. The minimum Gasteiger partial charge on any atom is -0.216 e. The lowest BCUT2D eigenvalue weighted by molar-refractivity contribution is 0.308. The van der Waals surface area contributed by atoms with E-state index < -0.39 is 0 Å². The molecule has 116 valence electrons. The van der Waals surface area contributed by atoms with Crippen LogP contribution in [0.2, 0.25) is 0 Å². The van der Waals surface area contributed by atoms with Gasteiger partial charge in [0, 0.05) is 0 Å². The number of hydrogen-bond donors (Lipinski definition) is 0.